The van der Waals surface area contributed by atoms with Gasteiger partial charge in [0, 0.05) is 11.4 Å². The lowest BCUT2D eigenvalue weighted by molar-refractivity contribution is -0.147. The van der Waals surface area contributed by atoms with E-state index in [2.05, 4.69) is 10.6 Å². The van der Waals surface area contributed by atoms with Gasteiger partial charge in [-0.2, -0.15) is 0 Å². The molecular formula is C16H22N2O4S. The zero-order valence-corrected chi connectivity index (χ0v) is 14.3. The average Bonchev–Trinajstić information content (AvgIpc) is 2.51. The smallest absolute Gasteiger partial charge is 0.321 e. The van der Waals surface area contributed by atoms with Crippen molar-refractivity contribution in [2.75, 3.05) is 13.2 Å². The third-order valence-corrected chi connectivity index (χ3v) is 3.75. The van der Waals surface area contributed by atoms with Crippen molar-refractivity contribution in [3.63, 3.8) is 0 Å². The number of esters is 1. The summed E-state index contributed by atoms with van der Waals surface area (Å²) in [5.41, 5.74) is 0. The van der Waals surface area contributed by atoms with Crippen molar-refractivity contribution in [2.24, 2.45) is 5.92 Å². The van der Waals surface area contributed by atoms with Crippen LogP contribution in [0.15, 0.2) is 35.2 Å². The number of benzene rings is 1. The van der Waals surface area contributed by atoms with E-state index < -0.39 is 29.8 Å². The van der Waals surface area contributed by atoms with Crippen molar-refractivity contribution in [1.82, 2.24) is 10.6 Å². The third-order valence-electron chi connectivity index (χ3n) is 2.66. The van der Waals surface area contributed by atoms with Gasteiger partial charge in [0.25, 0.3) is 5.91 Å². The molecule has 0 heterocycles. The highest BCUT2D eigenvalue weighted by Crippen LogP contribution is 2.23. The van der Waals surface area contributed by atoms with Crippen LogP contribution in [0.2, 0.25) is 0 Å². The molecule has 0 spiro atoms. The van der Waals surface area contributed by atoms with Crippen LogP contribution >= 0.6 is 11.8 Å². The van der Waals surface area contributed by atoms with Crippen LogP contribution in [0.25, 0.3) is 0 Å². The van der Waals surface area contributed by atoms with Gasteiger partial charge in [-0.05, 0) is 25.0 Å². The van der Waals surface area contributed by atoms with Crippen LogP contribution in [0.1, 0.15) is 20.8 Å². The van der Waals surface area contributed by atoms with Gasteiger partial charge in [-0.15, -0.1) is 11.8 Å². The fourth-order valence-corrected chi connectivity index (χ4v) is 2.40. The maximum atomic E-state index is 11.8. The molecule has 0 bridgehead atoms. The standard InChI is InChI=1S/C16H22N2O4S/c1-11(2)9-17-16(21)18-14(19)10-22-15(20)12(3)23-13-7-5-4-6-8-13/h4-8,11-12H,9-10H2,1-3H3,(H2,17,18,19,21)/t12-/m1/s1. The Bertz CT molecular complexity index is 534. The van der Waals surface area contributed by atoms with E-state index >= 15 is 0 Å². The number of nitrogens with one attached hydrogen (secondary N) is 2. The quantitative estimate of drug-likeness (QED) is 0.588. The second-order valence-electron chi connectivity index (χ2n) is 5.33. The highest BCUT2D eigenvalue weighted by Gasteiger charge is 2.18. The first-order valence-corrected chi connectivity index (χ1v) is 8.22. The Kier molecular flexibility index (Phi) is 8.18. The van der Waals surface area contributed by atoms with Crippen LogP contribution in [0.3, 0.4) is 0 Å². The van der Waals surface area contributed by atoms with Gasteiger partial charge in [-0.25, -0.2) is 4.79 Å². The summed E-state index contributed by atoms with van der Waals surface area (Å²) in [6, 6.07) is 8.83. The van der Waals surface area contributed by atoms with Crippen molar-refractivity contribution >= 4 is 29.7 Å². The van der Waals surface area contributed by atoms with E-state index in [4.69, 9.17) is 4.74 Å². The molecule has 1 aromatic rings. The minimum Gasteiger partial charge on any atom is -0.455 e. The van der Waals surface area contributed by atoms with Gasteiger partial charge in [-0.1, -0.05) is 32.0 Å². The molecule has 0 radical (unpaired) electrons. The van der Waals surface area contributed by atoms with Crippen LogP contribution in [0.5, 0.6) is 0 Å². The van der Waals surface area contributed by atoms with Crippen LogP contribution in [-0.4, -0.2) is 36.3 Å². The SMILES string of the molecule is CC(C)CNC(=O)NC(=O)COC(=O)[C@@H](C)Sc1ccccc1. The summed E-state index contributed by atoms with van der Waals surface area (Å²) >= 11 is 1.34. The summed E-state index contributed by atoms with van der Waals surface area (Å²) in [7, 11) is 0. The topological polar surface area (TPSA) is 84.5 Å². The number of carbonyl (C=O) groups excluding carboxylic acids is 3. The summed E-state index contributed by atoms with van der Waals surface area (Å²) in [6.45, 7) is 5.57. The van der Waals surface area contributed by atoms with Crippen LogP contribution in [0, 0.1) is 5.92 Å². The van der Waals surface area contributed by atoms with Crippen LogP contribution in [-0.2, 0) is 14.3 Å². The van der Waals surface area contributed by atoms with Gasteiger partial charge >= 0.3 is 12.0 Å². The Morgan fingerprint density at radius 1 is 1.13 bits per heavy atom. The number of thioether (sulfide) groups is 1. The lowest BCUT2D eigenvalue weighted by atomic mass is 10.2. The molecule has 0 saturated carbocycles. The second-order valence-corrected chi connectivity index (χ2v) is 6.75. The Morgan fingerprint density at radius 3 is 2.39 bits per heavy atom. The van der Waals surface area contributed by atoms with E-state index in [1.54, 1.807) is 6.92 Å². The minimum atomic E-state index is -0.656. The Morgan fingerprint density at radius 2 is 1.78 bits per heavy atom. The molecule has 2 N–H and O–H groups in total. The number of hydrogen-bond acceptors (Lipinski definition) is 5. The molecule has 0 aliphatic carbocycles. The number of imide groups is 1. The second kappa shape index (κ2) is 9.89. The molecular weight excluding hydrogens is 316 g/mol. The lowest BCUT2D eigenvalue weighted by Crippen LogP contribution is -2.42. The molecule has 3 amide bonds. The zero-order chi connectivity index (χ0) is 17.2. The third kappa shape index (κ3) is 8.25. The lowest BCUT2D eigenvalue weighted by Gasteiger charge is -2.11. The van der Waals surface area contributed by atoms with E-state index in [9.17, 15) is 14.4 Å². The summed E-state index contributed by atoms with van der Waals surface area (Å²) in [6.07, 6.45) is 0. The van der Waals surface area contributed by atoms with E-state index in [0.717, 1.165) is 4.90 Å². The van der Waals surface area contributed by atoms with Crippen molar-refractivity contribution in [1.29, 1.82) is 0 Å². The van der Waals surface area contributed by atoms with E-state index in [0.29, 0.717) is 6.54 Å². The van der Waals surface area contributed by atoms with Crippen molar-refractivity contribution in [3.8, 4) is 0 Å². The Balaban J connectivity index is 2.29. The van der Waals surface area contributed by atoms with Gasteiger partial charge in [0.15, 0.2) is 6.61 Å². The largest absolute Gasteiger partial charge is 0.455 e. The maximum Gasteiger partial charge on any atom is 0.321 e. The van der Waals surface area contributed by atoms with Gasteiger partial charge < -0.3 is 10.1 Å². The van der Waals surface area contributed by atoms with Gasteiger partial charge in [0.1, 0.15) is 5.25 Å². The number of amides is 3. The van der Waals surface area contributed by atoms with E-state index in [1.807, 2.05) is 44.2 Å². The minimum absolute atomic E-state index is 0.282. The first-order valence-electron chi connectivity index (χ1n) is 7.34. The van der Waals surface area contributed by atoms with E-state index in [1.165, 1.54) is 11.8 Å². The normalized spacial score (nSPS) is 11.7. The molecule has 1 atom stereocenters. The molecule has 126 valence electrons. The summed E-state index contributed by atoms with van der Waals surface area (Å²) in [5.74, 6) is -0.877. The van der Waals surface area contributed by atoms with Crippen molar-refractivity contribution in [3.05, 3.63) is 30.3 Å². The van der Waals surface area contributed by atoms with Gasteiger partial charge in [0.05, 0.1) is 0 Å². The number of rotatable bonds is 7. The maximum absolute atomic E-state index is 11.8. The monoisotopic (exact) mass is 338 g/mol. The molecule has 0 unspecified atom stereocenters. The predicted octanol–water partition coefficient (Wildman–Crippen LogP) is 2.19. The highest BCUT2D eigenvalue weighted by atomic mass is 32.2. The number of urea groups is 1. The zero-order valence-electron chi connectivity index (χ0n) is 13.5. The molecule has 7 heteroatoms. The molecule has 23 heavy (non-hydrogen) atoms. The summed E-state index contributed by atoms with van der Waals surface area (Å²) < 4.78 is 4.91. The van der Waals surface area contributed by atoms with Gasteiger partial charge in [0.2, 0.25) is 0 Å². The molecule has 0 aromatic heterocycles. The number of hydrogen-bond donors (Lipinski definition) is 2. The molecule has 6 nitrogen and oxygen atoms in total. The fraction of sp³-hybridized carbons (Fsp3) is 0.438. The van der Waals surface area contributed by atoms with Crippen LogP contribution in [0.4, 0.5) is 4.79 Å². The van der Waals surface area contributed by atoms with E-state index in [-0.39, 0.29) is 5.92 Å². The average molecular weight is 338 g/mol. The first-order chi connectivity index (χ1) is 10.9. The molecule has 0 saturated heterocycles. The predicted molar refractivity (Wildman–Crippen MR) is 89.1 cm³/mol. The molecule has 1 aromatic carbocycles. The molecule has 0 aliphatic rings. The fourth-order valence-electron chi connectivity index (χ4n) is 1.51. The van der Waals surface area contributed by atoms with Crippen molar-refractivity contribution < 1.29 is 19.1 Å². The van der Waals surface area contributed by atoms with Crippen molar-refractivity contribution in [2.45, 2.75) is 30.9 Å². The van der Waals surface area contributed by atoms with Crippen LogP contribution < -0.4 is 10.6 Å². The summed E-state index contributed by atoms with van der Waals surface area (Å²) in [4.78, 5) is 35.7. The first kappa shape index (κ1) is 19.0. The highest BCUT2D eigenvalue weighted by molar-refractivity contribution is 8.00. The van der Waals surface area contributed by atoms with Gasteiger partial charge in [-0.3, -0.25) is 14.9 Å². The Hall–Kier alpha value is -2.02. The number of carbonyl (C=O) groups is 3. The number of ether oxygens (including phenoxy) is 1. The molecule has 1 rings (SSSR count). The summed E-state index contributed by atoms with van der Waals surface area (Å²) in [5, 5.41) is 4.20. The molecule has 0 aliphatic heterocycles. The Labute approximate surface area is 140 Å². The molecule has 0 fully saturated rings.